The quantitative estimate of drug-likeness (QED) is 0.679. The summed E-state index contributed by atoms with van der Waals surface area (Å²) in [6, 6.07) is 21.4. The maximum Gasteiger partial charge on any atom is 0.261 e. The predicted octanol–water partition coefficient (Wildman–Crippen LogP) is 4.97. The molecule has 0 unspecified atom stereocenters. The van der Waals surface area contributed by atoms with Crippen molar-refractivity contribution in [3.63, 3.8) is 0 Å². The van der Waals surface area contributed by atoms with Crippen LogP contribution in [0.25, 0.3) is 10.8 Å². The Hall–Kier alpha value is -2.52. The Labute approximate surface area is 152 Å². The molecule has 0 aliphatic carbocycles. The molecule has 3 aromatic carbocycles. The van der Waals surface area contributed by atoms with Crippen LogP contribution in [0, 0.1) is 0 Å². The van der Waals surface area contributed by atoms with Crippen molar-refractivity contribution in [3.8, 4) is 5.75 Å². The van der Waals surface area contributed by atoms with Crippen molar-refractivity contribution in [2.75, 3.05) is 0 Å². The minimum Gasteiger partial charge on any atom is -0.479 e. The van der Waals surface area contributed by atoms with Crippen molar-refractivity contribution in [1.82, 2.24) is 5.32 Å². The Balaban J connectivity index is 1.69. The lowest BCUT2D eigenvalue weighted by atomic mass is 10.0. The third kappa shape index (κ3) is 4.12. The van der Waals surface area contributed by atoms with Crippen LogP contribution in [0.4, 0.5) is 0 Å². The molecule has 0 saturated heterocycles. The van der Waals surface area contributed by atoms with Gasteiger partial charge in [0.1, 0.15) is 5.75 Å². The standard InChI is InChI=1S/C21H20ClNO2/c1-2-19(25-20-13-6-5-12-18(20)22)21(24)23-14-16-10-7-9-15-8-3-4-11-17(15)16/h3-13,19H,2,14H2,1H3,(H,23,24)/t19-/m1/s1. The van der Waals surface area contributed by atoms with Gasteiger partial charge < -0.3 is 10.1 Å². The molecular weight excluding hydrogens is 334 g/mol. The van der Waals surface area contributed by atoms with Gasteiger partial charge in [-0.2, -0.15) is 0 Å². The molecule has 128 valence electrons. The number of benzene rings is 3. The Morgan fingerprint density at radius 2 is 1.76 bits per heavy atom. The summed E-state index contributed by atoms with van der Waals surface area (Å²) in [6.07, 6.45) is -0.0121. The molecule has 3 rings (SSSR count). The fourth-order valence-electron chi connectivity index (χ4n) is 2.76. The summed E-state index contributed by atoms with van der Waals surface area (Å²) in [6.45, 7) is 2.38. The number of carbonyl (C=O) groups excluding carboxylic acids is 1. The SMILES string of the molecule is CC[C@@H](Oc1ccccc1Cl)C(=O)NCc1cccc2ccccc12. The molecule has 0 aliphatic heterocycles. The first-order valence-electron chi connectivity index (χ1n) is 8.34. The number of halogens is 1. The Morgan fingerprint density at radius 1 is 1.04 bits per heavy atom. The number of rotatable bonds is 6. The predicted molar refractivity (Wildman–Crippen MR) is 102 cm³/mol. The monoisotopic (exact) mass is 353 g/mol. The summed E-state index contributed by atoms with van der Waals surface area (Å²) >= 11 is 6.11. The molecule has 0 fully saturated rings. The molecule has 1 atom stereocenters. The van der Waals surface area contributed by atoms with E-state index in [4.69, 9.17) is 16.3 Å². The van der Waals surface area contributed by atoms with Crippen molar-refractivity contribution in [1.29, 1.82) is 0 Å². The highest BCUT2D eigenvalue weighted by atomic mass is 35.5. The zero-order valence-corrected chi connectivity index (χ0v) is 14.8. The number of hydrogen-bond acceptors (Lipinski definition) is 2. The van der Waals surface area contributed by atoms with Gasteiger partial charge in [-0.3, -0.25) is 4.79 Å². The topological polar surface area (TPSA) is 38.3 Å². The fourth-order valence-corrected chi connectivity index (χ4v) is 2.94. The van der Waals surface area contributed by atoms with Gasteiger partial charge in [0.2, 0.25) is 0 Å². The molecule has 25 heavy (non-hydrogen) atoms. The first-order chi connectivity index (χ1) is 12.2. The second kappa shape index (κ2) is 8.04. The molecule has 0 saturated carbocycles. The number of ether oxygens (including phenoxy) is 1. The first kappa shape index (κ1) is 17.3. The number of carbonyl (C=O) groups is 1. The van der Waals surface area contributed by atoms with E-state index in [0.29, 0.717) is 23.7 Å². The third-order valence-corrected chi connectivity index (χ3v) is 4.41. The molecular formula is C21H20ClNO2. The van der Waals surface area contributed by atoms with Crippen molar-refractivity contribution < 1.29 is 9.53 Å². The third-order valence-electron chi connectivity index (χ3n) is 4.10. The van der Waals surface area contributed by atoms with Gasteiger partial charge in [-0.25, -0.2) is 0 Å². The van der Waals surface area contributed by atoms with Crippen LogP contribution < -0.4 is 10.1 Å². The lowest BCUT2D eigenvalue weighted by Gasteiger charge is -2.18. The molecule has 0 bridgehead atoms. The minimum absolute atomic E-state index is 0.143. The maximum absolute atomic E-state index is 12.5. The molecule has 1 amide bonds. The fraction of sp³-hybridized carbons (Fsp3) is 0.190. The van der Waals surface area contributed by atoms with Gasteiger partial charge in [-0.05, 0) is 34.9 Å². The summed E-state index contributed by atoms with van der Waals surface area (Å²) in [7, 11) is 0. The lowest BCUT2D eigenvalue weighted by Crippen LogP contribution is -2.37. The Morgan fingerprint density at radius 3 is 2.56 bits per heavy atom. The van der Waals surface area contributed by atoms with Crippen molar-refractivity contribution >= 4 is 28.3 Å². The zero-order chi connectivity index (χ0) is 17.6. The highest BCUT2D eigenvalue weighted by Crippen LogP contribution is 2.25. The van der Waals surface area contributed by atoms with E-state index in [-0.39, 0.29) is 5.91 Å². The number of amides is 1. The summed E-state index contributed by atoms with van der Waals surface area (Å²) in [4.78, 5) is 12.5. The lowest BCUT2D eigenvalue weighted by molar-refractivity contribution is -0.128. The van der Waals surface area contributed by atoms with E-state index in [1.807, 2.05) is 43.3 Å². The first-order valence-corrected chi connectivity index (χ1v) is 8.72. The summed E-state index contributed by atoms with van der Waals surface area (Å²) < 4.78 is 5.79. The van der Waals surface area contributed by atoms with E-state index in [0.717, 1.165) is 16.3 Å². The van der Waals surface area contributed by atoms with E-state index in [9.17, 15) is 4.79 Å². The largest absolute Gasteiger partial charge is 0.479 e. The second-order valence-corrected chi connectivity index (χ2v) is 6.21. The number of hydrogen-bond donors (Lipinski definition) is 1. The second-order valence-electron chi connectivity index (χ2n) is 5.80. The van der Waals surface area contributed by atoms with Gasteiger partial charge in [0.25, 0.3) is 5.91 Å². The molecule has 0 heterocycles. The molecule has 1 N–H and O–H groups in total. The van der Waals surface area contributed by atoms with Crippen molar-refractivity contribution in [2.24, 2.45) is 0 Å². The summed E-state index contributed by atoms with van der Waals surface area (Å²) in [5, 5.41) is 5.78. The number of fused-ring (bicyclic) bond motifs is 1. The molecule has 0 aliphatic rings. The molecule has 0 radical (unpaired) electrons. The Bertz CT molecular complexity index is 873. The van der Waals surface area contributed by atoms with Gasteiger partial charge in [0.05, 0.1) is 5.02 Å². The van der Waals surface area contributed by atoms with Gasteiger partial charge >= 0.3 is 0 Å². The smallest absolute Gasteiger partial charge is 0.261 e. The molecule has 4 heteroatoms. The van der Waals surface area contributed by atoms with Crippen LogP contribution in [0.1, 0.15) is 18.9 Å². The normalized spacial score (nSPS) is 11.9. The van der Waals surface area contributed by atoms with Crippen LogP contribution in [0.5, 0.6) is 5.75 Å². The molecule has 3 aromatic rings. The minimum atomic E-state index is -0.574. The van der Waals surface area contributed by atoms with E-state index in [1.54, 1.807) is 12.1 Å². The van der Waals surface area contributed by atoms with Crippen LogP contribution in [0.15, 0.2) is 66.7 Å². The molecule has 0 spiro atoms. The summed E-state index contributed by atoms with van der Waals surface area (Å²) in [5.41, 5.74) is 1.08. The van der Waals surface area contributed by atoms with Crippen LogP contribution in [-0.4, -0.2) is 12.0 Å². The highest BCUT2D eigenvalue weighted by molar-refractivity contribution is 6.32. The van der Waals surface area contributed by atoms with Crippen LogP contribution >= 0.6 is 11.6 Å². The molecule has 0 aromatic heterocycles. The average Bonchev–Trinajstić information content (AvgIpc) is 2.65. The summed E-state index contributed by atoms with van der Waals surface area (Å²) in [5.74, 6) is 0.381. The number of nitrogens with one attached hydrogen (secondary N) is 1. The number of para-hydroxylation sites is 1. The average molecular weight is 354 g/mol. The van der Waals surface area contributed by atoms with Crippen LogP contribution in [-0.2, 0) is 11.3 Å². The maximum atomic E-state index is 12.5. The van der Waals surface area contributed by atoms with Gasteiger partial charge in [0.15, 0.2) is 6.10 Å². The van der Waals surface area contributed by atoms with E-state index in [2.05, 4.69) is 23.5 Å². The highest BCUT2D eigenvalue weighted by Gasteiger charge is 2.19. The van der Waals surface area contributed by atoms with E-state index < -0.39 is 6.10 Å². The van der Waals surface area contributed by atoms with Crippen LogP contribution in [0.2, 0.25) is 5.02 Å². The van der Waals surface area contributed by atoms with Crippen molar-refractivity contribution in [2.45, 2.75) is 26.0 Å². The van der Waals surface area contributed by atoms with Crippen molar-refractivity contribution in [3.05, 3.63) is 77.3 Å². The molecule has 3 nitrogen and oxygen atoms in total. The van der Waals surface area contributed by atoms with Gasteiger partial charge in [0, 0.05) is 6.54 Å². The Kier molecular flexibility index (Phi) is 5.56. The van der Waals surface area contributed by atoms with Gasteiger partial charge in [-0.1, -0.05) is 73.1 Å². The van der Waals surface area contributed by atoms with E-state index >= 15 is 0 Å². The zero-order valence-electron chi connectivity index (χ0n) is 14.0. The van der Waals surface area contributed by atoms with E-state index in [1.165, 1.54) is 0 Å². The van der Waals surface area contributed by atoms with Crippen LogP contribution in [0.3, 0.4) is 0 Å². The van der Waals surface area contributed by atoms with Gasteiger partial charge in [-0.15, -0.1) is 0 Å².